The Hall–Kier alpha value is -2.63. The van der Waals surface area contributed by atoms with Gasteiger partial charge in [-0.3, -0.25) is 9.36 Å². The van der Waals surface area contributed by atoms with Gasteiger partial charge in [0.05, 0.1) is 19.2 Å². The molecule has 1 aromatic heterocycles. The number of aryl methyl sites for hydroxylation is 1. The summed E-state index contributed by atoms with van der Waals surface area (Å²) in [5.74, 6) is 1.88. The maximum atomic E-state index is 12.6. The Morgan fingerprint density at radius 2 is 2.04 bits per heavy atom. The van der Waals surface area contributed by atoms with Crippen LogP contribution in [0.3, 0.4) is 0 Å². The molecule has 0 radical (unpaired) electrons. The summed E-state index contributed by atoms with van der Waals surface area (Å²) < 4.78 is 6.72. The minimum atomic E-state index is -0.207. The fourth-order valence-electron chi connectivity index (χ4n) is 2.28. The van der Waals surface area contributed by atoms with Crippen LogP contribution in [0.15, 0.2) is 29.1 Å². The van der Waals surface area contributed by atoms with Gasteiger partial charge in [0, 0.05) is 12.8 Å². The number of anilines is 1. The highest BCUT2D eigenvalue weighted by molar-refractivity contribution is 5.83. The zero-order valence-corrected chi connectivity index (χ0v) is 13.7. The molecule has 6 heteroatoms. The van der Waals surface area contributed by atoms with E-state index in [1.807, 2.05) is 31.2 Å². The fourth-order valence-corrected chi connectivity index (χ4v) is 2.28. The fraction of sp³-hybridized carbons (Fsp3) is 0.353. The third kappa shape index (κ3) is 3.77. The van der Waals surface area contributed by atoms with Crippen molar-refractivity contribution < 1.29 is 4.74 Å². The summed E-state index contributed by atoms with van der Waals surface area (Å²) in [7, 11) is 1.62. The van der Waals surface area contributed by atoms with Crippen molar-refractivity contribution >= 4 is 12.0 Å². The van der Waals surface area contributed by atoms with E-state index in [2.05, 4.69) is 10.3 Å². The predicted octanol–water partition coefficient (Wildman–Crippen LogP) is 2.43. The second-order valence-electron chi connectivity index (χ2n) is 5.23. The van der Waals surface area contributed by atoms with Gasteiger partial charge in [-0.2, -0.15) is 0 Å². The molecule has 0 fully saturated rings. The Kier molecular flexibility index (Phi) is 5.51. The topological polar surface area (TPSA) is 80.0 Å². The van der Waals surface area contributed by atoms with E-state index < -0.39 is 0 Å². The Balaban J connectivity index is 2.38. The molecule has 0 unspecified atom stereocenters. The summed E-state index contributed by atoms with van der Waals surface area (Å²) in [5.41, 5.74) is 1.06. The normalized spacial score (nSPS) is 10.4. The molecule has 2 rings (SSSR count). The minimum absolute atomic E-state index is 0.207. The lowest BCUT2D eigenvalue weighted by molar-refractivity contribution is 0.414. The van der Waals surface area contributed by atoms with Gasteiger partial charge < -0.3 is 15.5 Å². The molecule has 2 aromatic rings. The molecule has 0 aliphatic carbocycles. The number of aromatic nitrogens is 2. The van der Waals surface area contributed by atoms with Gasteiger partial charge in [0.25, 0.3) is 5.56 Å². The van der Waals surface area contributed by atoms with E-state index in [9.17, 15) is 4.79 Å². The SMILES string of the molecule is CCCNc1nc(C)n(Cc2ccc(OC)cc2)c(=O)c1C=N. The van der Waals surface area contributed by atoms with Crippen LogP contribution in [0.4, 0.5) is 5.82 Å². The van der Waals surface area contributed by atoms with Crippen molar-refractivity contribution in [3.8, 4) is 5.75 Å². The molecule has 23 heavy (non-hydrogen) atoms. The van der Waals surface area contributed by atoms with E-state index in [4.69, 9.17) is 10.1 Å². The number of hydrogen-bond donors (Lipinski definition) is 2. The average Bonchev–Trinajstić information content (AvgIpc) is 2.57. The summed E-state index contributed by atoms with van der Waals surface area (Å²) in [6.07, 6.45) is 1.99. The molecule has 0 aliphatic rings. The molecular weight excluding hydrogens is 292 g/mol. The van der Waals surface area contributed by atoms with E-state index >= 15 is 0 Å². The third-order valence-corrected chi connectivity index (χ3v) is 3.58. The average molecular weight is 314 g/mol. The highest BCUT2D eigenvalue weighted by atomic mass is 16.5. The second kappa shape index (κ2) is 7.58. The number of hydrogen-bond acceptors (Lipinski definition) is 5. The standard InChI is InChI=1S/C17H22N4O2/c1-4-9-19-16-15(10-18)17(22)21(12(2)20-16)11-13-5-7-14(23-3)8-6-13/h5-8,10,18-19H,4,9,11H2,1-3H3. The van der Waals surface area contributed by atoms with E-state index in [1.54, 1.807) is 18.6 Å². The largest absolute Gasteiger partial charge is 0.497 e. The van der Waals surface area contributed by atoms with Crippen molar-refractivity contribution in [3.63, 3.8) is 0 Å². The van der Waals surface area contributed by atoms with Crippen molar-refractivity contribution in [3.05, 3.63) is 51.6 Å². The van der Waals surface area contributed by atoms with Crippen LogP contribution in [0, 0.1) is 12.3 Å². The van der Waals surface area contributed by atoms with Crippen LogP contribution in [-0.2, 0) is 6.54 Å². The van der Waals surface area contributed by atoms with Gasteiger partial charge in [-0.05, 0) is 31.0 Å². The summed E-state index contributed by atoms with van der Waals surface area (Å²) >= 11 is 0. The van der Waals surface area contributed by atoms with Gasteiger partial charge in [-0.25, -0.2) is 4.98 Å². The van der Waals surface area contributed by atoms with Crippen LogP contribution in [-0.4, -0.2) is 29.4 Å². The van der Waals surface area contributed by atoms with Crippen molar-refractivity contribution in [1.82, 2.24) is 9.55 Å². The quantitative estimate of drug-likeness (QED) is 0.769. The monoisotopic (exact) mass is 314 g/mol. The Morgan fingerprint density at radius 1 is 1.35 bits per heavy atom. The minimum Gasteiger partial charge on any atom is -0.497 e. The van der Waals surface area contributed by atoms with Crippen LogP contribution in [0.25, 0.3) is 0 Å². The van der Waals surface area contributed by atoms with Crippen LogP contribution >= 0.6 is 0 Å². The molecule has 0 spiro atoms. The smallest absolute Gasteiger partial charge is 0.264 e. The van der Waals surface area contributed by atoms with Gasteiger partial charge >= 0.3 is 0 Å². The Labute approximate surface area is 135 Å². The predicted molar refractivity (Wildman–Crippen MR) is 92.0 cm³/mol. The lowest BCUT2D eigenvalue weighted by Crippen LogP contribution is -2.29. The van der Waals surface area contributed by atoms with Gasteiger partial charge in [0.2, 0.25) is 0 Å². The molecule has 1 aromatic carbocycles. The molecule has 0 bridgehead atoms. The maximum Gasteiger partial charge on any atom is 0.264 e. The zero-order chi connectivity index (χ0) is 16.8. The van der Waals surface area contributed by atoms with Gasteiger partial charge in [-0.1, -0.05) is 19.1 Å². The third-order valence-electron chi connectivity index (χ3n) is 3.58. The first-order chi connectivity index (χ1) is 11.1. The lowest BCUT2D eigenvalue weighted by Gasteiger charge is -2.14. The number of benzene rings is 1. The Morgan fingerprint density at radius 3 is 2.61 bits per heavy atom. The van der Waals surface area contributed by atoms with Gasteiger partial charge in [0.1, 0.15) is 17.4 Å². The van der Waals surface area contributed by atoms with Crippen LogP contribution in [0.2, 0.25) is 0 Å². The summed E-state index contributed by atoms with van der Waals surface area (Å²) in [5, 5.41) is 10.6. The highest BCUT2D eigenvalue weighted by Gasteiger charge is 2.13. The molecule has 0 atom stereocenters. The molecule has 0 aliphatic heterocycles. The molecule has 6 nitrogen and oxygen atoms in total. The molecule has 1 heterocycles. The van der Waals surface area contributed by atoms with E-state index in [0.717, 1.165) is 30.5 Å². The van der Waals surface area contributed by atoms with Crippen LogP contribution < -0.4 is 15.6 Å². The highest BCUT2D eigenvalue weighted by Crippen LogP contribution is 2.13. The van der Waals surface area contributed by atoms with Crippen molar-refractivity contribution in [2.75, 3.05) is 19.0 Å². The number of nitrogens with zero attached hydrogens (tertiary/aromatic N) is 2. The summed E-state index contributed by atoms with van der Waals surface area (Å²) in [6.45, 7) is 4.97. The van der Waals surface area contributed by atoms with Crippen LogP contribution in [0.5, 0.6) is 5.75 Å². The van der Waals surface area contributed by atoms with Crippen molar-refractivity contribution in [2.24, 2.45) is 0 Å². The van der Waals surface area contributed by atoms with Gasteiger partial charge in [-0.15, -0.1) is 0 Å². The van der Waals surface area contributed by atoms with Crippen molar-refractivity contribution in [2.45, 2.75) is 26.8 Å². The maximum absolute atomic E-state index is 12.6. The van der Waals surface area contributed by atoms with E-state index in [-0.39, 0.29) is 11.1 Å². The summed E-state index contributed by atoms with van der Waals surface area (Å²) in [4.78, 5) is 17.1. The Bertz CT molecular complexity index is 735. The first-order valence-electron chi connectivity index (χ1n) is 7.59. The number of ether oxygens (including phenoxy) is 1. The van der Waals surface area contributed by atoms with E-state index in [1.165, 1.54) is 0 Å². The molecule has 2 N–H and O–H groups in total. The second-order valence-corrected chi connectivity index (χ2v) is 5.23. The van der Waals surface area contributed by atoms with E-state index in [0.29, 0.717) is 18.2 Å². The van der Waals surface area contributed by atoms with Crippen molar-refractivity contribution in [1.29, 1.82) is 5.41 Å². The zero-order valence-electron chi connectivity index (χ0n) is 13.7. The molecular formula is C17H22N4O2. The summed E-state index contributed by atoms with van der Waals surface area (Å²) in [6, 6.07) is 7.55. The lowest BCUT2D eigenvalue weighted by atomic mass is 10.2. The molecule has 0 saturated heterocycles. The van der Waals surface area contributed by atoms with Crippen LogP contribution in [0.1, 0.15) is 30.3 Å². The molecule has 0 saturated carbocycles. The number of methoxy groups -OCH3 is 1. The number of rotatable bonds is 7. The first-order valence-corrected chi connectivity index (χ1v) is 7.59. The first kappa shape index (κ1) is 16.7. The molecule has 122 valence electrons. The molecule has 0 amide bonds. The number of nitrogens with one attached hydrogen (secondary N) is 2. The van der Waals surface area contributed by atoms with Gasteiger partial charge in [0.15, 0.2) is 0 Å².